The number of halogens is 3. The van der Waals surface area contributed by atoms with Crippen LogP contribution in [0.1, 0.15) is 39.5 Å². The number of hydrogen-bond donors (Lipinski definition) is 1. The zero-order valence-electron chi connectivity index (χ0n) is 18.7. The molecule has 3 rings (SSSR count). The second-order valence-electron chi connectivity index (χ2n) is 8.69. The normalized spacial score (nSPS) is 27.0. The first-order valence-corrected chi connectivity index (χ1v) is 11.0. The maximum absolute atomic E-state index is 12.8. The highest BCUT2D eigenvalue weighted by Gasteiger charge is 2.54. The summed E-state index contributed by atoms with van der Waals surface area (Å²) in [6.45, 7) is 9.81. The van der Waals surface area contributed by atoms with E-state index in [4.69, 9.17) is 19.4 Å². The molecular weight excluding hydrogens is 433 g/mol. The average molecular weight is 466 g/mol. The van der Waals surface area contributed by atoms with Crippen LogP contribution in [0, 0.1) is 17.3 Å². The Bertz CT molecular complexity index is 668. The molecule has 3 aliphatic rings. The molecule has 0 spiro atoms. The van der Waals surface area contributed by atoms with Gasteiger partial charge in [0.2, 0.25) is 5.91 Å². The molecule has 8 nitrogen and oxygen atoms in total. The quantitative estimate of drug-likeness (QED) is 0.635. The SMILES string of the molecule is CCOC(=O)[C@]12CCCN(CC3CCOCC3)C[C@H]1CN(C(C)=O)C2.O=C(O)C(F)(F)F. The minimum absolute atomic E-state index is 0.0627. The minimum atomic E-state index is -5.08. The standard InChI is InChI=1S/C19H32N2O4.C2HF3O2/c1-3-25-18(23)19-7-4-8-20(11-16-5-9-24-10-6-16)12-17(19)13-21(14-19)15(2)22;3-2(4,5)1(6)7/h16-17H,3-14H2,1-2H3;(H,6,7)/t17-,19-;/m0./s1. The van der Waals surface area contributed by atoms with Crippen molar-refractivity contribution >= 4 is 17.8 Å². The fraction of sp³-hybridized carbons (Fsp3) is 0.857. The molecule has 0 aliphatic carbocycles. The minimum Gasteiger partial charge on any atom is -0.475 e. The number of hydrogen-bond acceptors (Lipinski definition) is 6. The largest absolute Gasteiger partial charge is 0.490 e. The van der Waals surface area contributed by atoms with Gasteiger partial charge in [-0.2, -0.15) is 13.2 Å². The topological polar surface area (TPSA) is 96.4 Å². The Balaban J connectivity index is 0.000000451. The van der Waals surface area contributed by atoms with E-state index in [0.29, 0.717) is 25.6 Å². The van der Waals surface area contributed by atoms with Crippen LogP contribution in [0.25, 0.3) is 0 Å². The molecule has 3 aliphatic heterocycles. The van der Waals surface area contributed by atoms with E-state index in [-0.39, 0.29) is 17.8 Å². The maximum Gasteiger partial charge on any atom is 0.490 e. The van der Waals surface area contributed by atoms with Crippen molar-refractivity contribution in [3.8, 4) is 0 Å². The van der Waals surface area contributed by atoms with Gasteiger partial charge in [0.15, 0.2) is 0 Å². The van der Waals surface area contributed by atoms with E-state index < -0.39 is 17.6 Å². The van der Waals surface area contributed by atoms with Crippen molar-refractivity contribution in [3.63, 3.8) is 0 Å². The van der Waals surface area contributed by atoms with Crippen LogP contribution in [0.3, 0.4) is 0 Å². The second-order valence-corrected chi connectivity index (χ2v) is 8.69. The highest BCUT2D eigenvalue weighted by Crippen LogP contribution is 2.44. The lowest BCUT2D eigenvalue weighted by atomic mass is 9.75. The van der Waals surface area contributed by atoms with Crippen molar-refractivity contribution in [2.45, 2.75) is 45.7 Å². The summed E-state index contributed by atoms with van der Waals surface area (Å²) in [5.74, 6) is -1.93. The number of esters is 1. The zero-order chi connectivity index (χ0) is 23.9. The lowest BCUT2D eigenvalue weighted by Crippen LogP contribution is -2.43. The van der Waals surface area contributed by atoms with Gasteiger partial charge < -0.3 is 24.4 Å². The van der Waals surface area contributed by atoms with Crippen LogP contribution >= 0.6 is 0 Å². The van der Waals surface area contributed by atoms with Gasteiger partial charge in [-0.15, -0.1) is 0 Å². The number of rotatable bonds is 4. The van der Waals surface area contributed by atoms with E-state index in [1.807, 2.05) is 11.8 Å². The first-order chi connectivity index (χ1) is 15.0. The molecular formula is C21H33F3N2O6. The van der Waals surface area contributed by atoms with E-state index in [1.165, 1.54) is 0 Å². The number of alkyl halides is 3. The highest BCUT2D eigenvalue weighted by atomic mass is 19.4. The van der Waals surface area contributed by atoms with Crippen molar-refractivity contribution in [3.05, 3.63) is 0 Å². The Labute approximate surface area is 186 Å². The molecule has 1 N–H and O–H groups in total. The van der Waals surface area contributed by atoms with E-state index >= 15 is 0 Å². The number of fused-ring (bicyclic) bond motifs is 1. The third-order valence-corrected chi connectivity index (χ3v) is 6.50. The van der Waals surface area contributed by atoms with Crippen LogP contribution in [0.15, 0.2) is 0 Å². The van der Waals surface area contributed by atoms with Crippen molar-refractivity contribution < 1.29 is 42.1 Å². The Morgan fingerprint density at radius 1 is 1.19 bits per heavy atom. The van der Waals surface area contributed by atoms with Crippen LogP contribution in [0.2, 0.25) is 0 Å². The number of likely N-dealkylation sites (tertiary alicyclic amines) is 2. The third-order valence-electron chi connectivity index (χ3n) is 6.50. The number of ether oxygens (including phenoxy) is 2. The van der Waals surface area contributed by atoms with Crippen LogP contribution < -0.4 is 0 Å². The molecule has 1 amide bonds. The van der Waals surface area contributed by atoms with E-state index in [0.717, 1.165) is 58.5 Å². The smallest absolute Gasteiger partial charge is 0.475 e. The molecule has 0 radical (unpaired) electrons. The van der Waals surface area contributed by atoms with Gasteiger partial charge in [0, 0.05) is 52.2 Å². The Morgan fingerprint density at radius 2 is 1.81 bits per heavy atom. The first kappa shape index (κ1) is 26.4. The van der Waals surface area contributed by atoms with E-state index in [2.05, 4.69) is 4.90 Å². The van der Waals surface area contributed by atoms with Gasteiger partial charge in [-0.25, -0.2) is 4.79 Å². The summed E-state index contributed by atoms with van der Waals surface area (Å²) in [4.78, 5) is 38.0. The summed E-state index contributed by atoms with van der Waals surface area (Å²) in [5.41, 5.74) is -0.508. The number of carbonyl (C=O) groups is 3. The summed E-state index contributed by atoms with van der Waals surface area (Å²) >= 11 is 0. The molecule has 0 saturated carbocycles. The number of nitrogens with zero attached hydrogens (tertiary/aromatic N) is 2. The summed E-state index contributed by atoms with van der Waals surface area (Å²) in [7, 11) is 0. The number of amides is 1. The molecule has 0 aromatic rings. The molecule has 11 heteroatoms. The predicted octanol–water partition coefficient (Wildman–Crippen LogP) is 2.17. The maximum atomic E-state index is 12.8. The van der Waals surface area contributed by atoms with Crippen molar-refractivity contribution in [2.24, 2.45) is 17.3 Å². The van der Waals surface area contributed by atoms with Crippen molar-refractivity contribution in [1.29, 1.82) is 0 Å². The molecule has 0 aromatic carbocycles. The molecule has 3 saturated heterocycles. The summed E-state index contributed by atoms with van der Waals surface area (Å²) < 4.78 is 42.7. The van der Waals surface area contributed by atoms with Crippen molar-refractivity contribution in [1.82, 2.24) is 9.80 Å². The zero-order valence-corrected chi connectivity index (χ0v) is 18.7. The monoisotopic (exact) mass is 466 g/mol. The lowest BCUT2D eigenvalue weighted by Gasteiger charge is -2.33. The first-order valence-electron chi connectivity index (χ1n) is 11.0. The summed E-state index contributed by atoms with van der Waals surface area (Å²) in [6, 6.07) is 0. The van der Waals surface area contributed by atoms with Gasteiger partial charge in [-0.05, 0) is 45.1 Å². The van der Waals surface area contributed by atoms with Gasteiger partial charge in [0.1, 0.15) is 0 Å². The second kappa shape index (κ2) is 11.3. The van der Waals surface area contributed by atoms with Gasteiger partial charge in [0.25, 0.3) is 0 Å². The fourth-order valence-corrected chi connectivity index (χ4v) is 4.82. The van der Waals surface area contributed by atoms with Crippen LogP contribution in [-0.2, 0) is 23.9 Å². The molecule has 0 unspecified atom stereocenters. The van der Waals surface area contributed by atoms with Crippen LogP contribution in [0.5, 0.6) is 0 Å². The Hall–Kier alpha value is -1.88. The fourth-order valence-electron chi connectivity index (χ4n) is 4.82. The molecule has 2 atom stereocenters. The molecule has 3 fully saturated rings. The third kappa shape index (κ3) is 6.81. The van der Waals surface area contributed by atoms with Gasteiger partial charge in [-0.3, -0.25) is 9.59 Å². The number of aliphatic carboxylic acids is 1. The van der Waals surface area contributed by atoms with E-state index in [1.54, 1.807) is 6.92 Å². The predicted molar refractivity (Wildman–Crippen MR) is 108 cm³/mol. The molecule has 32 heavy (non-hydrogen) atoms. The molecule has 184 valence electrons. The van der Waals surface area contributed by atoms with Crippen LogP contribution in [-0.4, -0.2) is 91.5 Å². The summed E-state index contributed by atoms with van der Waals surface area (Å²) in [5, 5.41) is 7.12. The van der Waals surface area contributed by atoms with E-state index in [9.17, 15) is 22.8 Å². The van der Waals surface area contributed by atoms with Crippen LogP contribution in [0.4, 0.5) is 13.2 Å². The van der Waals surface area contributed by atoms with Gasteiger partial charge >= 0.3 is 18.1 Å². The Kier molecular flexibility index (Phi) is 9.32. The summed E-state index contributed by atoms with van der Waals surface area (Å²) in [6.07, 6.45) is -1.01. The van der Waals surface area contributed by atoms with Gasteiger partial charge in [0.05, 0.1) is 12.0 Å². The van der Waals surface area contributed by atoms with Crippen molar-refractivity contribution in [2.75, 3.05) is 52.5 Å². The number of carbonyl (C=O) groups excluding carboxylic acids is 2. The lowest BCUT2D eigenvalue weighted by molar-refractivity contribution is -0.192. The number of carboxylic acid groups (broad SMARTS) is 1. The molecule has 3 heterocycles. The average Bonchev–Trinajstić information content (AvgIpc) is 3.00. The number of carboxylic acids is 1. The van der Waals surface area contributed by atoms with Gasteiger partial charge in [-0.1, -0.05) is 0 Å². The highest BCUT2D eigenvalue weighted by molar-refractivity contribution is 5.81. The molecule has 0 bridgehead atoms. The Morgan fingerprint density at radius 3 is 2.34 bits per heavy atom. The molecule has 0 aromatic heterocycles.